The predicted octanol–water partition coefficient (Wildman–Crippen LogP) is 2.53. The van der Waals surface area contributed by atoms with Gasteiger partial charge in [-0.05, 0) is 40.5 Å². The average Bonchev–Trinajstić information content (AvgIpc) is 2.79. The molecule has 0 radical (unpaired) electrons. The SMILES string of the molecule is Cc1oc(C)c(C(=O)N2CCC(N3CCO[C@H](C)C3)CC2)c1C. The number of piperidine rings is 1. The third kappa shape index (κ3) is 3.31. The van der Waals surface area contributed by atoms with Crippen molar-refractivity contribution < 1.29 is 13.9 Å². The van der Waals surface area contributed by atoms with Gasteiger partial charge < -0.3 is 14.1 Å². The predicted molar refractivity (Wildman–Crippen MR) is 88.8 cm³/mol. The molecule has 0 aromatic carbocycles. The van der Waals surface area contributed by atoms with Gasteiger partial charge in [0.25, 0.3) is 5.91 Å². The molecule has 1 amide bonds. The summed E-state index contributed by atoms with van der Waals surface area (Å²) in [7, 11) is 0. The van der Waals surface area contributed by atoms with E-state index in [1.165, 1.54) is 0 Å². The summed E-state index contributed by atoms with van der Waals surface area (Å²) in [6.45, 7) is 12.4. The topological polar surface area (TPSA) is 45.9 Å². The molecule has 0 saturated carbocycles. The van der Waals surface area contributed by atoms with Crippen molar-refractivity contribution in [2.75, 3.05) is 32.8 Å². The van der Waals surface area contributed by atoms with Gasteiger partial charge in [-0.3, -0.25) is 9.69 Å². The molecule has 128 valence electrons. The second kappa shape index (κ2) is 6.65. The molecular weight excluding hydrogens is 292 g/mol. The Morgan fingerprint density at radius 1 is 1.09 bits per heavy atom. The van der Waals surface area contributed by atoms with Gasteiger partial charge in [0.15, 0.2) is 0 Å². The van der Waals surface area contributed by atoms with E-state index in [9.17, 15) is 4.79 Å². The molecule has 1 aromatic heterocycles. The van der Waals surface area contributed by atoms with E-state index in [1.807, 2.05) is 25.7 Å². The minimum Gasteiger partial charge on any atom is -0.466 e. The number of aryl methyl sites for hydroxylation is 2. The number of ether oxygens (including phenoxy) is 1. The lowest BCUT2D eigenvalue weighted by molar-refractivity contribution is -0.0423. The highest BCUT2D eigenvalue weighted by molar-refractivity contribution is 5.96. The van der Waals surface area contributed by atoms with Gasteiger partial charge in [-0.25, -0.2) is 0 Å². The van der Waals surface area contributed by atoms with Crippen LogP contribution < -0.4 is 0 Å². The van der Waals surface area contributed by atoms with Gasteiger partial charge in [0.2, 0.25) is 0 Å². The van der Waals surface area contributed by atoms with Gasteiger partial charge in [0, 0.05) is 37.8 Å². The Hall–Kier alpha value is -1.33. The van der Waals surface area contributed by atoms with Crippen molar-refractivity contribution in [2.24, 2.45) is 0 Å². The van der Waals surface area contributed by atoms with Crippen molar-refractivity contribution in [2.45, 2.75) is 52.7 Å². The third-order valence-electron chi connectivity index (χ3n) is 5.32. The van der Waals surface area contributed by atoms with Crippen molar-refractivity contribution in [3.8, 4) is 0 Å². The number of hydrogen-bond acceptors (Lipinski definition) is 4. The summed E-state index contributed by atoms with van der Waals surface area (Å²) in [4.78, 5) is 17.3. The normalized spacial score (nSPS) is 24.2. The molecule has 0 unspecified atom stereocenters. The van der Waals surface area contributed by atoms with Gasteiger partial charge in [-0.15, -0.1) is 0 Å². The molecule has 1 aromatic rings. The van der Waals surface area contributed by atoms with Gasteiger partial charge in [-0.1, -0.05) is 0 Å². The Labute approximate surface area is 138 Å². The monoisotopic (exact) mass is 320 g/mol. The number of furan rings is 1. The van der Waals surface area contributed by atoms with E-state index >= 15 is 0 Å². The summed E-state index contributed by atoms with van der Waals surface area (Å²) in [6.07, 6.45) is 2.42. The van der Waals surface area contributed by atoms with E-state index < -0.39 is 0 Å². The number of carbonyl (C=O) groups excluding carboxylic acids is 1. The lowest BCUT2D eigenvalue weighted by atomic mass is 10.0. The van der Waals surface area contributed by atoms with Crippen LogP contribution in [0.2, 0.25) is 0 Å². The van der Waals surface area contributed by atoms with E-state index in [0.29, 0.717) is 12.1 Å². The highest BCUT2D eigenvalue weighted by atomic mass is 16.5. The van der Waals surface area contributed by atoms with E-state index in [2.05, 4.69) is 11.8 Å². The number of carbonyl (C=O) groups is 1. The maximum absolute atomic E-state index is 12.8. The molecular formula is C18H28N2O3. The minimum atomic E-state index is 0.130. The largest absolute Gasteiger partial charge is 0.466 e. The molecule has 3 heterocycles. The van der Waals surface area contributed by atoms with Crippen LogP contribution in [0.5, 0.6) is 0 Å². The summed E-state index contributed by atoms with van der Waals surface area (Å²) < 4.78 is 11.2. The second-order valence-corrected chi connectivity index (χ2v) is 6.91. The lowest BCUT2D eigenvalue weighted by Crippen LogP contribution is -2.51. The molecule has 2 fully saturated rings. The fourth-order valence-electron chi connectivity index (χ4n) is 3.88. The van der Waals surface area contributed by atoms with E-state index in [1.54, 1.807) is 0 Å². The molecule has 2 saturated heterocycles. The zero-order valence-corrected chi connectivity index (χ0v) is 14.7. The van der Waals surface area contributed by atoms with E-state index in [0.717, 1.165) is 68.3 Å². The van der Waals surface area contributed by atoms with Crippen molar-refractivity contribution in [1.82, 2.24) is 9.80 Å². The van der Waals surface area contributed by atoms with E-state index in [4.69, 9.17) is 9.15 Å². The third-order valence-corrected chi connectivity index (χ3v) is 5.32. The molecule has 5 nitrogen and oxygen atoms in total. The van der Waals surface area contributed by atoms with Crippen LogP contribution in [0, 0.1) is 20.8 Å². The summed E-state index contributed by atoms with van der Waals surface area (Å²) >= 11 is 0. The fraction of sp³-hybridized carbons (Fsp3) is 0.722. The van der Waals surface area contributed by atoms with Gasteiger partial charge in [0.1, 0.15) is 11.5 Å². The van der Waals surface area contributed by atoms with Crippen LogP contribution in [-0.2, 0) is 4.74 Å². The molecule has 2 aliphatic heterocycles. The van der Waals surface area contributed by atoms with Crippen LogP contribution in [0.15, 0.2) is 4.42 Å². The summed E-state index contributed by atoms with van der Waals surface area (Å²) in [5.41, 5.74) is 1.75. The molecule has 0 bridgehead atoms. The summed E-state index contributed by atoms with van der Waals surface area (Å²) in [5, 5.41) is 0. The highest BCUT2D eigenvalue weighted by Gasteiger charge is 2.31. The van der Waals surface area contributed by atoms with Crippen molar-refractivity contribution in [3.63, 3.8) is 0 Å². The number of nitrogens with zero attached hydrogens (tertiary/aromatic N) is 2. The Balaban J connectivity index is 1.61. The number of likely N-dealkylation sites (tertiary alicyclic amines) is 1. The number of hydrogen-bond donors (Lipinski definition) is 0. The Morgan fingerprint density at radius 2 is 1.78 bits per heavy atom. The molecule has 0 spiro atoms. The number of morpholine rings is 1. The molecule has 1 atom stereocenters. The maximum atomic E-state index is 12.8. The standard InChI is InChI=1S/C18H28N2O3/c1-12-11-20(9-10-22-12)16-5-7-19(8-6-16)18(21)17-13(2)14(3)23-15(17)4/h12,16H,5-11H2,1-4H3/t12-/m1/s1. The van der Waals surface area contributed by atoms with Crippen molar-refractivity contribution in [1.29, 1.82) is 0 Å². The molecule has 2 aliphatic rings. The highest BCUT2D eigenvalue weighted by Crippen LogP contribution is 2.25. The Morgan fingerprint density at radius 3 is 2.35 bits per heavy atom. The summed E-state index contributed by atoms with van der Waals surface area (Å²) in [5.74, 6) is 1.72. The Bertz CT molecular complexity index is 573. The van der Waals surface area contributed by atoms with Crippen molar-refractivity contribution in [3.05, 3.63) is 22.6 Å². The first-order valence-electron chi connectivity index (χ1n) is 8.69. The summed E-state index contributed by atoms with van der Waals surface area (Å²) in [6, 6.07) is 0.582. The zero-order valence-electron chi connectivity index (χ0n) is 14.7. The van der Waals surface area contributed by atoms with Gasteiger partial charge in [0.05, 0.1) is 18.3 Å². The van der Waals surface area contributed by atoms with Crippen LogP contribution >= 0.6 is 0 Å². The van der Waals surface area contributed by atoms with Crippen LogP contribution in [0.3, 0.4) is 0 Å². The average molecular weight is 320 g/mol. The zero-order chi connectivity index (χ0) is 16.6. The van der Waals surface area contributed by atoms with Crippen LogP contribution in [-0.4, -0.2) is 60.6 Å². The van der Waals surface area contributed by atoms with Crippen LogP contribution in [0.25, 0.3) is 0 Å². The smallest absolute Gasteiger partial charge is 0.257 e. The molecule has 3 rings (SSSR count). The molecule has 0 aliphatic carbocycles. The minimum absolute atomic E-state index is 0.130. The van der Waals surface area contributed by atoms with Crippen LogP contribution in [0.4, 0.5) is 0 Å². The quantitative estimate of drug-likeness (QED) is 0.840. The van der Waals surface area contributed by atoms with Gasteiger partial charge >= 0.3 is 0 Å². The first kappa shape index (κ1) is 16.5. The second-order valence-electron chi connectivity index (χ2n) is 6.91. The molecule has 5 heteroatoms. The lowest BCUT2D eigenvalue weighted by Gasteiger charge is -2.41. The van der Waals surface area contributed by atoms with Crippen LogP contribution in [0.1, 0.15) is 47.2 Å². The first-order valence-corrected chi connectivity index (χ1v) is 8.69. The Kier molecular flexibility index (Phi) is 4.78. The fourth-order valence-corrected chi connectivity index (χ4v) is 3.88. The van der Waals surface area contributed by atoms with Gasteiger partial charge in [-0.2, -0.15) is 0 Å². The van der Waals surface area contributed by atoms with Crippen molar-refractivity contribution >= 4 is 5.91 Å². The van der Waals surface area contributed by atoms with E-state index in [-0.39, 0.29) is 5.91 Å². The molecule has 0 N–H and O–H groups in total. The maximum Gasteiger partial charge on any atom is 0.257 e. The molecule has 23 heavy (non-hydrogen) atoms. The number of rotatable bonds is 2. The number of amides is 1. The first-order chi connectivity index (χ1) is 11.0.